The van der Waals surface area contributed by atoms with Crippen molar-refractivity contribution in [3.05, 3.63) is 29.6 Å². The predicted octanol–water partition coefficient (Wildman–Crippen LogP) is 1.88. The second-order valence-electron chi connectivity index (χ2n) is 4.79. The summed E-state index contributed by atoms with van der Waals surface area (Å²) in [5.74, 6) is 0.789. The van der Waals surface area contributed by atoms with Crippen molar-refractivity contribution < 1.29 is 4.79 Å². The fraction of sp³-hybridized carbons (Fsp3) is 0.538. The summed E-state index contributed by atoms with van der Waals surface area (Å²) < 4.78 is 0. The highest BCUT2D eigenvalue weighted by Crippen LogP contribution is 2.33. The third-order valence-electron chi connectivity index (χ3n) is 3.05. The van der Waals surface area contributed by atoms with E-state index >= 15 is 0 Å². The number of carbonyl (C=O) groups is 1. The van der Waals surface area contributed by atoms with Gasteiger partial charge in [0, 0.05) is 24.3 Å². The van der Waals surface area contributed by atoms with Gasteiger partial charge in [0.1, 0.15) is 0 Å². The maximum Gasteiger partial charge on any atom is 0.251 e. The first-order valence-electron chi connectivity index (χ1n) is 6.15. The molecule has 0 saturated heterocycles. The lowest BCUT2D eigenvalue weighted by atomic mass is 10.1. The van der Waals surface area contributed by atoms with Gasteiger partial charge in [0.15, 0.2) is 0 Å². The summed E-state index contributed by atoms with van der Waals surface area (Å²) in [6, 6.07) is 3.71. The number of aromatic nitrogens is 1. The number of nitrogens with zero attached hydrogens (tertiary/aromatic N) is 1. The van der Waals surface area contributed by atoms with Gasteiger partial charge in [-0.1, -0.05) is 12.8 Å². The zero-order valence-electron chi connectivity index (χ0n) is 10.6. The van der Waals surface area contributed by atoms with Crippen LogP contribution < -0.4 is 11.1 Å². The Morgan fingerprint density at radius 1 is 1.61 bits per heavy atom. The van der Waals surface area contributed by atoms with E-state index in [2.05, 4.69) is 17.2 Å². The minimum atomic E-state index is -0.0322. The average molecular weight is 270 g/mol. The van der Waals surface area contributed by atoms with Crippen LogP contribution in [0.15, 0.2) is 18.3 Å². The SMILES string of the molecule is CC(CC1CC1)NC(=O)c1ccnc(CN)c1.Cl. The first-order chi connectivity index (χ1) is 8.19. The van der Waals surface area contributed by atoms with Crippen molar-refractivity contribution in [3.63, 3.8) is 0 Å². The topological polar surface area (TPSA) is 68.0 Å². The first-order valence-corrected chi connectivity index (χ1v) is 6.15. The van der Waals surface area contributed by atoms with E-state index in [0.29, 0.717) is 12.1 Å². The summed E-state index contributed by atoms with van der Waals surface area (Å²) in [7, 11) is 0. The van der Waals surface area contributed by atoms with Crippen molar-refractivity contribution in [2.45, 2.75) is 38.8 Å². The molecule has 0 aliphatic heterocycles. The number of halogens is 1. The molecule has 1 aliphatic carbocycles. The van der Waals surface area contributed by atoms with Crippen molar-refractivity contribution in [1.82, 2.24) is 10.3 Å². The zero-order chi connectivity index (χ0) is 12.3. The molecule has 4 nitrogen and oxygen atoms in total. The summed E-state index contributed by atoms with van der Waals surface area (Å²) in [4.78, 5) is 16.0. The van der Waals surface area contributed by atoms with Gasteiger partial charge in [-0.05, 0) is 31.4 Å². The second kappa shape index (κ2) is 6.71. The monoisotopic (exact) mass is 269 g/mol. The maximum absolute atomic E-state index is 11.9. The number of nitrogens with one attached hydrogen (secondary N) is 1. The third kappa shape index (κ3) is 4.27. The number of nitrogens with two attached hydrogens (primary N) is 1. The van der Waals surface area contributed by atoms with Gasteiger partial charge >= 0.3 is 0 Å². The minimum Gasteiger partial charge on any atom is -0.350 e. The number of amides is 1. The standard InChI is InChI=1S/C13H19N3O.ClH/c1-9(6-10-2-3-10)16-13(17)11-4-5-15-12(7-11)8-14;/h4-5,7,9-10H,2-3,6,8,14H2,1H3,(H,16,17);1H. The summed E-state index contributed by atoms with van der Waals surface area (Å²) in [5.41, 5.74) is 6.88. The quantitative estimate of drug-likeness (QED) is 0.858. The van der Waals surface area contributed by atoms with Gasteiger partial charge in [-0.2, -0.15) is 0 Å². The number of carbonyl (C=O) groups excluding carboxylic acids is 1. The van der Waals surface area contributed by atoms with Crippen molar-refractivity contribution >= 4 is 18.3 Å². The average Bonchev–Trinajstić information content (AvgIpc) is 3.12. The van der Waals surface area contributed by atoms with E-state index in [-0.39, 0.29) is 24.4 Å². The molecule has 1 aliphatic rings. The second-order valence-corrected chi connectivity index (χ2v) is 4.79. The van der Waals surface area contributed by atoms with E-state index in [1.165, 1.54) is 12.8 Å². The fourth-order valence-corrected chi connectivity index (χ4v) is 1.95. The van der Waals surface area contributed by atoms with Crippen LogP contribution in [0.3, 0.4) is 0 Å². The molecule has 1 aromatic heterocycles. The fourth-order valence-electron chi connectivity index (χ4n) is 1.95. The van der Waals surface area contributed by atoms with Gasteiger partial charge in [-0.3, -0.25) is 9.78 Å². The smallest absolute Gasteiger partial charge is 0.251 e. The summed E-state index contributed by atoms with van der Waals surface area (Å²) in [6.45, 7) is 2.42. The molecule has 1 aromatic rings. The number of hydrogen-bond donors (Lipinski definition) is 2. The van der Waals surface area contributed by atoms with E-state index in [1.54, 1.807) is 18.3 Å². The molecule has 0 aromatic carbocycles. The molecule has 3 N–H and O–H groups in total. The van der Waals surface area contributed by atoms with Crippen LogP contribution in [0.4, 0.5) is 0 Å². The Labute approximate surface area is 114 Å². The molecule has 0 spiro atoms. The Hall–Kier alpha value is -1.13. The molecule has 18 heavy (non-hydrogen) atoms. The zero-order valence-corrected chi connectivity index (χ0v) is 11.4. The Morgan fingerprint density at radius 3 is 2.94 bits per heavy atom. The van der Waals surface area contributed by atoms with Crippen LogP contribution in [0.5, 0.6) is 0 Å². The van der Waals surface area contributed by atoms with Gasteiger partial charge in [-0.25, -0.2) is 0 Å². The molecule has 1 heterocycles. The van der Waals surface area contributed by atoms with Crippen molar-refractivity contribution in [2.24, 2.45) is 11.7 Å². The van der Waals surface area contributed by atoms with Crippen molar-refractivity contribution in [1.29, 1.82) is 0 Å². The highest BCUT2D eigenvalue weighted by atomic mass is 35.5. The largest absolute Gasteiger partial charge is 0.350 e. The third-order valence-corrected chi connectivity index (χ3v) is 3.05. The van der Waals surface area contributed by atoms with Gasteiger partial charge in [0.25, 0.3) is 5.91 Å². The molecule has 100 valence electrons. The summed E-state index contributed by atoms with van der Waals surface area (Å²) in [5, 5.41) is 3.01. The van der Waals surface area contributed by atoms with Crippen LogP contribution in [-0.4, -0.2) is 16.9 Å². The van der Waals surface area contributed by atoms with Crippen LogP contribution in [0.2, 0.25) is 0 Å². The maximum atomic E-state index is 11.9. The summed E-state index contributed by atoms with van der Waals surface area (Å²) in [6.07, 6.45) is 5.34. The Bertz CT molecular complexity index is 407. The summed E-state index contributed by atoms with van der Waals surface area (Å²) >= 11 is 0. The van der Waals surface area contributed by atoms with Crippen LogP contribution in [0, 0.1) is 5.92 Å². The highest BCUT2D eigenvalue weighted by molar-refractivity contribution is 5.94. The van der Waals surface area contributed by atoms with E-state index in [9.17, 15) is 4.79 Å². The lowest BCUT2D eigenvalue weighted by molar-refractivity contribution is 0.0937. The predicted molar refractivity (Wildman–Crippen MR) is 73.6 cm³/mol. The lowest BCUT2D eigenvalue weighted by Gasteiger charge is -2.13. The molecule has 1 atom stereocenters. The van der Waals surface area contributed by atoms with Gasteiger partial charge in [0.05, 0.1) is 5.69 Å². The first kappa shape index (κ1) is 14.9. The molecule has 1 unspecified atom stereocenters. The Morgan fingerprint density at radius 2 is 2.33 bits per heavy atom. The van der Waals surface area contributed by atoms with E-state index in [4.69, 9.17) is 5.73 Å². The van der Waals surface area contributed by atoms with Gasteiger partial charge in [-0.15, -0.1) is 12.4 Å². The van der Waals surface area contributed by atoms with Gasteiger partial charge in [0.2, 0.25) is 0 Å². The van der Waals surface area contributed by atoms with Gasteiger partial charge < -0.3 is 11.1 Å². The molecule has 1 fully saturated rings. The Kier molecular flexibility index (Phi) is 5.56. The number of hydrogen-bond acceptors (Lipinski definition) is 3. The lowest BCUT2D eigenvalue weighted by Crippen LogP contribution is -2.33. The molecule has 1 amide bonds. The number of pyridine rings is 1. The number of rotatable bonds is 5. The van der Waals surface area contributed by atoms with Crippen molar-refractivity contribution in [3.8, 4) is 0 Å². The van der Waals surface area contributed by atoms with Crippen LogP contribution >= 0.6 is 12.4 Å². The normalized spacial score (nSPS) is 15.7. The minimum absolute atomic E-state index is 0. The van der Waals surface area contributed by atoms with Crippen molar-refractivity contribution in [2.75, 3.05) is 0 Å². The molecular formula is C13H20ClN3O. The van der Waals surface area contributed by atoms with Crippen LogP contribution in [-0.2, 0) is 6.54 Å². The van der Waals surface area contributed by atoms with E-state index in [0.717, 1.165) is 18.0 Å². The van der Waals surface area contributed by atoms with E-state index < -0.39 is 0 Å². The molecule has 5 heteroatoms. The molecular weight excluding hydrogens is 250 g/mol. The molecule has 2 rings (SSSR count). The van der Waals surface area contributed by atoms with Crippen LogP contribution in [0.25, 0.3) is 0 Å². The Balaban J connectivity index is 0.00000162. The molecule has 0 radical (unpaired) electrons. The highest BCUT2D eigenvalue weighted by Gasteiger charge is 2.24. The van der Waals surface area contributed by atoms with Crippen LogP contribution in [0.1, 0.15) is 42.2 Å². The van der Waals surface area contributed by atoms with E-state index in [1.807, 2.05) is 0 Å². The molecule has 0 bridgehead atoms. The molecule has 1 saturated carbocycles.